The summed E-state index contributed by atoms with van der Waals surface area (Å²) in [6.07, 6.45) is -6.57. The van der Waals surface area contributed by atoms with Crippen molar-refractivity contribution in [2.45, 2.75) is 80.2 Å². The van der Waals surface area contributed by atoms with Gasteiger partial charge in [-0.1, -0.05) is 6.07 Å². The minimum absolute atomic E-state index is 0.0105. The fourth-order valence-electron chi connectivity index (χ4n) is 5.50. The molecule has 3 fully saturated rings. The summed E-state index contributed by atoms with van der Waals surface area (Å²) in [5, 5.41) is 53.7. The Morgan fingerprint density at radius 1 is 1.11 bits per heavy atom. The number of fused-ring (bicyclic) bond motifs is 2. The average Bonchev–Trinajstić information content (AvgIpc) is 2.81. The van der Waals surface area contributed by atoms with Gasteiger partial charge in [0.2, 0.25) is 12.1 Å². The summed E-state index contributed by atoms with van der Waals surface area (Å²) in [5.41, 5.74) is -1.62. The van der Waals surface area contributed by atoms with Gasteiger partial charge >= 0.3 is 7.82 Å². The summed E-state index contributed by atoms with van der Waals surface area (Å²) >= 11 is 0. The van der Waals surface area contributed by atoms with Crippen molar-refractivity contribution in [2.75, 3.05) is 20.6 Å². The summed E-state index contributed by atoms with van der Waals surface area (Å²) < 4.78 is 47.1. The molecular formula is C22H35FN3O11P. The highest BCUT2D eigenvalue weighted by molar-refractivity contribution is 7.46. The van der Waals surface area contributed by atoms with Crippen LogP contribution in [0.15, 0.2) is 18.2 Å². The SMILES string of the molecule is CN[C@@H]1[C@H](O)[C@H](NC)[C@H]2O[C@]3(O)[C@H](O[C@@H]2[C@H]1O)O[C@H](C)C[C@@]3(O)CNCc1ccc(F)c(OP(=O)(O)O)c1. The molecule has 3 aliphatic rings. The second-order valence-corrected chi connectivity index (χ2v) is 11.1. The van der Waals surface area contributed by atoms with E-state index in [1.807, 2.05) is 0 Å². The molecule has 1 aromatic rings. The Morgan fingerprint density at radius 3 is 2.42 bits per heavy atom. The number of likely N-dealkylation sites (N-methyl/N-ethyl adjacent to an activating group) is 2. The third kappa shape index (κ3) is 5.49. The lowest BCUT2D eigenvalue weighted by Gasteiger charge is -2.60. The zero-order valence-electron chi connectivity index (χ0n) is 21.0. The molecule has 0 radical (unpaired) electrons. The number of phosphoric acid groups is 1. The first-order chi connectivity index (χ1) is 17.7. The van der Waals surface area contributed by atoms with Crippen LogP contribution in [0.25, 0.3) is 0 Å². The van der Waals surface area contributed by atoms with Crippen LogP contribution in [0.3, 0.4) is 0 Å². The highest BCUT2D eigenvalue weighted by Crippen LogP contribution is 2.46. The van der Waals surface area contributed by atoms with Crippen LogP contribution in [0.4, 0.5) is 4.39 Å². The first-order valence-electron chi connectivity index (χ1n) is 12.1. The summed E-state index contributed by atoms with van der Waals surface area (Å²) in [6, 6.07) is 1.88. The molecule has 0 unspecified atom stereocenters. The van der Waals surface area contributed by atoms with Gasteiger partial charge in [-0.15, -0.1) is 0 Å². The molecule has 4 rings (SSSR count). The number of benzene rings is 1. The lowest BCUT2D eigenvalue weighted by Crippen LogP contribution is -2.81. The van der Waals surface area contributed by atoms with Crippen LogP contribution >= 0.6 is 7.82 Å². The minimum atomic E-state index is -4.98. The van der Waals surface area contributed by atoms with E-state index in [4.69, 9.17) is 24.0 Å². The number of phosphoric ester groups is 1. The third-order valence-corrected chi connectivity index (χ3v) is 7.74. The van der Waals surface area contributed by atoms with Crippen molar-refractivity contribution in [1.29, 1.82) is 0 Å². The summed E-state index contributed by atoms with van der Waals surface area (Å²) in [4.78, 5) is 18.0. The molecule has 1 aromatic carbocycles. The Labute approximate surface area is 218 Å². The van der Waals surface area contributed by atoms with Crippen LogP contribution in [0.2, 0.25) is 0 Å². The zero-order chi connectivity index (χ0) is 28.0. The van der Waals surface area contributed by atoms with Crippen molar-refractivity contribution in [1.82, 2.24) is 16.0 Å². The first-order valence-corrected chi connectivity index (χ1v) is 13.6. The number of hydrogen-bond acceptors (Lipinski definition) is 12. The van der Waals surface area contributed by atoms with Gasteiger partial charge in [0.05, 0.1) is 24.3 Å². The summed E-state index contributed by atoms with van der Waals surface area (Å²) in [6.45, 7) is 1.39. The van der Waals surface area contributed by atoms with Crippen molar-refractivity contribution >= 4 is 7.82 Å². The number of aliphatic hydroxyl groups excluding tert-OH is 2. The molecule has 1 saturated carbocycles. The molecule has 0 aromatic heterocycles. The molecule has 16 heteroatoms. The predicted octanol–water partition coefficient (Wildman–Crippen LogP) is -2.36. The fourth-order valence-corrected chi connectivity index (χ4v) is 5.89. The standard InChI is InChI=1S/C22H35FN3O11P/c1-10-7-21(29,9-26-8-11-4-5-12(23)13(6-11)37-38(31,32)33)22(30)20(34-10)35-19-17(28)14(24-2)16(27)15(25-3)18(19)36-22/h4-6,10,14-20,24-30H,7-9H2,1-3H3,(H2,31,32,33)/t10-,14-,15+,16+,17+,18-,19-,20+,21-,22-/m1/s1. The van der Waals surface area contributed by atoms with Crippen LogP contribution in [-0.2, 0) is 25.3 Å². The Balaban J connectivity index is 1.53. The van der Waals surface area contributed by atoms with Crippen molar-refractivity contribution < 1.29 is 57.9 Å². The van der Waals surface area contributed by atoms with Crippen LogP contribution in [0.1, 0.15) is 18.9 Å². The topological polar surface area (TPSA) is 211 Å². The molecule has 0 spiro atoms. The number of aliphatic hydroxyl groups is 4. The zero-order valence-corrected chi connectivity index (χ0v) is 21.9. The van der Waals surface area contributed by atoms with Crippen LogP contribution in [-0.4, -0.2) is 111 Å². The van der Waals surface area contributed by atoms with Gasteiger partial charge in [-0.3, -0.25) is 9.79 Å². The minimum Gasteiger partial charge on any atom is -0.401 e. The predicted molar refractivity (Wildman–Crippen MR) is 127 cm³/mol. The maximum atomic E-state index is 13.9. The van der Waals surface area contributed by atoms with E-state index in [2.05, 4.69) is 20.5 Å². The normalized spacial score (nSPS) is 41.3. The Hall–Kier alpha value is -1.30. The van der Waals surface area contributed by atoms with E-state index in [1.165, 1.54) is 6.07 Å². The molecule has 9 N–H and O–H groups in total. The molecule has 10 atom stereocenters. The number of nitrogens with one attached hydrogen (secondary N) is 3. The second kappa shape index (κ2) is 10.9. The molecule has 1 aliphatic carbocycles. The Bertz CT molecular complexity index is 1050. The molecule has 0 amide bonds. The van der Waals surface area contributed by atoms with E-state index >= 15 is 0 Å². The van der Waals surface area contributed by atoms with Crippen molar-refractivity contribution in [3.05, 3.63) is 29.6 Å². The van der Waals surface area contributed by atoms with E-state index in [1.54, 1.807) is 21.0 Å². The van der Waals surface area contributed by atoms with Gasteiger partial charge in [-0.05, 0) is 38.7 Å². The third-order valence-electron chi connectivity index (χ3n) is 7.31. The molecule has 216 valence electrons. The van der Waals surface area contributed by atoms with E-state index in [-0.39, 0.29) is 19.5 Å². The number of halogens is 1. The molecule has 2 heterocycles. The molecule has 2 aliphatic heterocycles. The highest BCUT2D eigenvalue weighted by Gasteiger charge is 2.68. The van der Waals surface area contributed by atoms with Gasteiger partial charge in [0.15, 0.2) is 11.6 Å². The highest BCUT2D eigenvalue weighted by atomic mass is 31.2. The first kappa shape index (κ1) is 29.7. The largest absolute Gasteiger partial charge is 0.524 e. The quantitative estimate of drug-likeness (QED) is 0.150. The van der Waals surface area contributed by atoms with Crippen molar-refractivity contribution in [3.8, 4) is 5.75 Å². The van der Waals surface area contributed by atoms with Gasteiger partial charge in [0.25, 0.3) is 0 Å². The fraction of sp³-hybridized carbons (Fsp3) is 0.727. The summed E-state index contributed by atoms with van der Waals surface area (Å²) in [7, 11) is -1.82. The van der Waals surface area contributed by atoms with Crippen LogP contribution in [0, 0.1) is 5.82 Å². The van der Waals surface area contributed by atoms with Gasteiger partial charge in [0, 0.05) is 19.5 Å². The second-order valence-electron chi connectivity index (χ2n) is 9.95. The van der Waals surface area contributed by atoms with E-state index in [9.17, 15) is 29.4 Å². The van der Waals surface area contributed by atoms with Crippen molar-refractivity contribution in [2.24, 2.45) is 0 Å². The van der Waals surface area contributed by atoms with Gasteiger partial charge in [-0.25, -0.2) is 8.96 Å². The maximum Gasteiger partial charge on any atom is 0.524 e. The molecule has 14 nitrogen and oxygen atoms in total. The van der Waals surface area contributed by atoms with Crippen LogP contribution in [0.5, 0.6) is 5.75 Å². The molecule has 2 saturated heterocycles. The van der Waals surface area contributed by atoms with E-state index in [0.29, 0.717) is 5.56 Å². The van der Waals surface area contributed by atoms with Crippen molar-refractivity contribution in [3.63, 3.8) is 0 Å². The lowest BCUT2D eigenvalue weighted by atomic mass is 9.77. The number of ether oxygens (including phenoxy) is 3. The summed E-state index contributed by atoms with van der Waals surface area (Å²) in [5.74, 6) is -4.02. The van der Waals surface area contributed by atoms with Gasteiger partial charge < -0.3 is 55.1 Å². The average molecular weight is 568 g/mol. The Morgan fingerprint density at radius 2 is 1.79 bits per heavy atom. The van der Waals surface area contributed by atoms with E-state index in [0.717, 1.165) is 12.1 Å². The van der Waals surface area contributed by atoms with Crippen LogP contribution < -0.4 is 20.5 Å². The van der Waals surface area contributed by atoms with Gasteiger partial charge in [0.1, 0.15) is 23.9 Å². The Kier molecular flexibility index (Phi) is 8.54. The smallest absolute Gasteiger partial charge is 0.401 e. The maximum absolute atomic E-state index is 13.9. The van der Waals surface area contributed by atoms with Gasteiger partial charge in [-0.2, -0.15) is 0 Å². The number of hydrogen-bond donors (Lipinski definition) is 9. The molecular weight excluding hydrogens is 532 g/mol. The molecule has 0 bridgehead atoms. The lowest BCUT2D eigenvalue weighted by molar-refractivity contribution is -0.482. The number of rotatable bonds is 8. The monoisotopic (exact) mass is 567 g/mol. The molecule has 38 heavy (non-hydrogen) atoms. The van der Waals surface area contributed by atoms with E-state index < -0.39 is 79.7 Å².